The van der Waals surface area contributed by atoms with Crippen LogP contribution in [-0.4, -0.2) is 26.2 Å². The lowest BCUT2D eigenvalue weighted by atomic mass is 10.2. The molecule has 9 heteroatoms. The van der Waals surface area contributed by atoms with Crippen molar-refractivity contribution in [2.75, 3.05) is 6.54 Å². The summed E-state index contributed by atoms with van der Waals surface area (Å²) in [5.74, 6) is -1.13. The van der Waals surface area contributed by atoms with Crippen LogP contribution in [0.25, 0.3) is 0 Å². The minimum Gasteiger partial charge on any atom is -0.392 e. The second kappa shape index (κ2) is 5.85. The van der Waals surface area contributed by atoms with Crippen LogP contribution in [0.2, 0.25) is 0 Å². The molecule has 2 N–H and O–H groups in total. The number of halogens is 4. The summed E-state index contributed by atoms with van der Waals surface area (Å²) >= 11 is 0. The Kier molecular flexibility index (Phi) is 4.88. The number of benzene rings is 1. The lowest BCUT2D eigenvalue weighted by Crippen LogP contribution is -2.28. The summed E-state index contributed by atoms with van der Waals surface area (Å²) in [6.45, 7) is -1.34. The van der Waals surface area contributed by atoms with E-state index in [1.54, 1.807) is 4.72 Å². The third kappa shape index (κ3) is 4.77. The Morgan fingerprint density at radius 2 is 1.89 bits per heavy atom. The maximum absolute atomic E-state index is 13.4. The van der Waals surface area contributed by atoms with E-state index >= 15 is 0 Å². The Morgan fingerprint density at radius 3 is 2.37 bits per heavy atom. The predicted molar refractivity (Wildman–Crippen MR) is 58.2 cm³/mol. The van der Waals surface area contributed by atoms with Gasteiger partial charge in [-0.15, -0.1) is 0 Å². The monoisotopic (exact) mass is 301 g/mol. The van der Waals surface area contributed by atoms with Gasteiger partial charge >= 0.3 is 6.18 Å². The highest BCUT2D eigenvalue weighted by Gasteiger charge is 2.28. The van der Waals surface area contributed by atoms with Gasteiger partial charge in [-0.2, -0.15) is 13.2 Å². The van der Waals surface area contributed by atoms with E-state index in [2.05, 4.69) is 0 Å². The molecule has 0 aliphatic heterocycles. The van der Waals surface area contributed by atoms with Crippen LogP contribution < -0.4 is 4.72 Å². The standard InChI is InChI=1S/C10H11F4NO3S/c11-8-5-7(6-16)1-2-9(8)19(17,18)15-4-3-10(12,13)14/h1-2,5,15-16H,3-4,6H2. The highest BCUT2D eigenvalue weighted by molar-refractivity contribution is 7.89. The van der Waals surface area contributed by atoms with Gasteiger partial charge in [0.05, 0.1) is 13.0 Å². The zero-order valence-electron chi connectivity index (χ0n) is 9.54. The van der Waals surface area contributed by atoms with Crippen LogP contribution in [0.3, 0.4) is 0 Å². The first-order chi connectivity index (χ1) is 8.65. The van der Waals surface area contributed by atoms with Crippen molar-refractivity contribution in [2.24, 2.45) is 0 Å². The SMILES string of the molecule is O=S(=O)(NCCC(F)(F)F)c1ccc(CO)cc1F. The average Bonchev–Trinajstić information content (AvgIpc) is 2.26. The summed E-state index contributed by atoms with van der Waals surface area (Å²) < 4.78 is 73.8. The van der Waals surface area contributed by atoms with Crippen LogP contribution in [0.4, 0.5) is 17.6 Å². The molecule has 0 saturated heterocycles. The van der Waals surface area contributed by atoms with E-state index < -0.39 is 46.5 Å². The van der Waals surface area contributed by atoms with Gasteiger partial charge in [-0.3, -0.25) is 0 Å². The van der Waals surface area contributed by atoms with Gasteiger partial charge in [-0.1, -0.05) is 6.07 Å². The highest BCUT2D eigenvalue weighted by Crippen LogP contribution is 2.20. The second-order valence-corrected chi connectivity index (χ2v) is 5.42. The Labute approximate surface area is 107 Å². The van der Waals surface area contributed by atoms with Crippen molar-refractivity contribution < 1.29 is 31.1 Å². The molecule has 1 aromatic rings. The predicted octanol–water partition coefficient (Wildman–Crippen LogP) is 1.55. The molecule has 19 heavy (non-hydrogen) atoms. The van der Waals surface area contributed by atoms with Crippen LogP contribution in [-0.2, 0) is 16.6 Å². The molecule has 0 fully saturated rings. The van der Waals surface area contributed by atoms with Crippen LogP contribution in [0.15, 0.2) is 23.1 Å². The molecule has 1 aromatic carbocycles. The summed E-state index contributed by atoms with van der Waals surface area (Å²) in [5.41, 5.74) is 0.159. The van der Waals surface area contributed by atoms with Crippen LogP contribution in [0.5, 0.6) is 0 Å². The van der Waals surface area contributed by atoms with Crippen molar-refractivity contribution in [3.05, 3.63) is 29.6 Å². The average molecular weight is 301 g/mol. The normalized spacial score (nSPS) is 12.7. The van der Waals surface area contributed by atoms with Gasteiger partial charge in [0.15, 0.2) is 0 Å². The molecule has 0 bridgehead atoms. The molecule has 0 aliphatic carbocycles. The van der Waals surface area contributed by atoms with Crippen LogP contribution in [0.1, 0.15) is 12.0 Å². The highest BCUT2D eigenvalue weighted by atomic mass is 32.2. The third-order valence-electron chi connectivity index (χ3n) is 2.17. The van der Waals surface area contributed by atoms with Crippen molar-refractivity contribution in [3.8, 4) is 0 Å². The van der Waals surface area contributed by atoms with Crippen molar-refractivity contribution in [1.82, 2.24) is 4.72 Å². The zero-order valence-corrected chi connectivity index (χ0v) is 10.4. The molecule has 0 saturated carbocycles. The molecule has 4 nitrogen and oxygen atoms in total. The van der Waals surface area contributed by atoms with Gasteiger partial charge in [0.25, 0.3) is 0 Å². The number of sulfonamides is 1. The molecule has 0 aromatic heterocycles. The van der Waals surface area contributed by atoms with Gasteiger partial charge in [0.2, 0.25) is 10.0 Å². The molecule has 0 spiro atoms. The van der Waals surface area contributed by atoms with Crippen LogP contribution in [0, 0.1) is 5.82 Å². The van der Waals surface area contributed by atoms with Gasteiger partial charge in [0, 0.05) is 6.54 Å². The largest absolute Gasteiger partial charge is 0.392 e. The van der Waals surface area contributed by atoms with E-state index in [0.29, 0.717) is 0 Å². The van der Waals surface area contributed by atoms with Gasteiger partial charge in [-0.25, -0.2) is 17.5 Å². The van der Waals surface area contributed by atoms with Crippen molar-refractivity contribution in [2.45, 2.75) is 24.1 Å². The molecule has 0 atom stereocenters. The summed E-state index contributed by atoms with van der Waals surface area (Å²) in [6, 6.07) is 2.86. The molecule has 0 unspecified atom stereocenters. The minimum absolute atomic E-state index is 0.159. The lowest BCUT2D eigenvalue weighted by Gasteiger charge is -2.10. The summed E-state index contributed by atoms with van der Waals surface area (Å²) in [6.07, 6.45) is -5.84. The number of aliphatic hydroxyl groups is 1. The molecule has 108 valence electrons. The van der Waals surface area contributed by atoms with E-state index in [9.17, 15) is 26.0 Å². The molecule has 0 radical (unpaired) electrons. The van der Waals surface area contributed by atoms with E-state index in [1.165, 1.54) is 6.07 Å². The fourth-order valence-corrected chi connectivity index (χ4v) is 2.35. The number of alkyl halides is 3. The van der Waals surface area contributed by atoms with E-state index in [0.717, 1.165) is 12.1 Å². The second-order valence-electron chi connectivity index (χ2n) is 3.69. The Morgan fingerprint density at radius 1 is 1.26 bits per heavy atom. The molecular formula is C10H11F4NO3S. The maximum Gasteiger partial charge on any atom is 0.390 e. The Hall–Kier alpha value is -1.19. The summed E-state index contributed by atoms with van der Waals surface area (Å²) in [4.78, 5) is -0.758. The Bertz CT molecular complexity index is 542. The van der Waals surface area contributed by atoms with E-state index in [-0.39, 0.29) is 5.56 Å². The minimum atomic E-state index is -4.50. The quantitative estimate of drug-likeness (QED) is 0.811. The smallest absolute Gasteiger partial charge is 0.390 e. The Balaban J connectivity index is 2.83. The van der Waals surface area contributed by atoms with E-state index in [4.69, 9.17) is 5.11 Å². The summed E-state index contributed by atoms with van der Waals surface area (Å²) in [7, 11) is -4.34. The lowest BCUT2D eigenvalue weighted by molar-refractivity contribution is -0.132. The maximum atomic E-state index is 13.4. The van der Waals surface area contributed by atoms with Crippen LogP contribution >= 0.6 is 0 Å². The van der Waals surface area contributed by atoms with Gasteiger partial charge in [-0.05, 0) is 17.7 Å². The zero-order chi connectivity index (χ0) is 14.7. The van der Waals surface area contributed by atoms with E-state index in [1.807, 2.05) is 0 Å². The number of hydrogen-bond acceptors (Lipinski definition) is 3. The molecular weight excluding hydrogens is 290 g/mol. The fourth-order valence-electron chi connectivity index (χ4n) is 1.27. The van der Waals surface area contributed by atoms with Gasteiger partial charge < -0.3 is 5.11 Å². The number of aliphatic hydroxyl groups excluding tert-OH is 1. The van der Waals surface area contributed by atoms with Gasteiger partial charge in [0.1, 0.15) is 10.7 Å². The van der Waals surface area contributed by atoms with Crippen molar-refractivity contribution in [1.29, 1.82) is 0 Å². The first-order valence-corrected chi connectivity index (χ1v) is 6.60. The topological polar surface area (TPSA) is 66.4 Å². The van der Waals surface area contributed by atoms with Crippen molar-refractivity contribution in [3.63, 3.8) is 0 Å². The first kappa shape index (κ1) is 15.9. The number of nitrogens with one attached hydrogen (secondary N) is 1. The third-order valence-corrected chi connectivity index (χ3v) is 3.66. The molecule has 0 amide bonds. The molecule has 0 heterocycles. The van der Waals surface area contributed by atoms with Crippen molar-refractivity contribution >= 4 is 10.0 Å². The fraction of sp³-hybridized carbons (Fsp3) is 0.400. The molecule has 1 rings (SSSR count). The summed E-state index contributed by atoms with van der Waals surface area (Å²) in [5, 5.41) is 8.73. The first-order valence-electron chi connectivity index (χ1n) is 5.11. The number of hydrogen-bond donors (Lipinski definition) is 2. The molecule has 0 aliphatic rings. The number of rotatable bonds is 5.